The van der Waals surface area contributed by atoms with Crippen molar-refractivity contribution in [2.75, 3.05) is 12.4 Å². The minimum absolute atomic E-state index is 0. The quantitative estimate of drug-likeness (QED) is 0.449. The Morgan fingerprint density at radius 1 is 1.19 bits per heavy atom. The van der Waals surface area contributed by atoms with Crippen LogP contribution >= 0.6 is 0 Å². The largest absolute Gasteiger partial charge is 0.393 e. The number of fused-ring (bicyclic) bond motifs is 1. The molecule has 0 bridgehead atoms. The zero-order valence-electron chi connectivity index (χ0n) is 17.3. The van der Waals surface area contributed by atoms with Crippen LogP contribution < -0.4 is 0 Å². The zero-order chi connectivity index (χ0) is 18.9. The maximum absolute atomic E-state index is 12.1. The van der Waals surface area contributed by atoms with Crippen molar-refractivity contribution in [2.45, 2.75) is 96.5 Å². The summed E-state index contributed by atoms with van der Waals surface area (Å²) in [7, 11) is -3.03. The monoisotopic (exact) mass is 601 g/mol. The average Bonchev–Trinajstić information content (AvgIpc) is 2.84. The normalized spacial score (nSPS) is 33.4. The van der Waals surface area contributed by atoms with Crippen molar-refractivity contribution in [2.24, 2.45) is 17.3 Å². The second-order valence-electron chi connectivity index (χ2n) is 9.47. The van der Waals surface area contributed by atoms with Crippen molar-refractivity contribution >= 4 is 9.84 Å². The standard InChI is InChI=1S/C20H38O4S.Ac/c1-15(24-13-6-7-14-25(22,23)19(2,3)4)16-10-11-17-18(21)9-8-12-20(16,17)5;/h15-18,21H,6-14H2,1-5H3;. The number of hydrogen-bond acceptors (Lipinski definition) is 4. The molecule has 2 aliphatic rings. The molecule has 2 rings (SSSR count). The predicted molar refractivity (Wildman–Crippen MR) is 102 cm³/mol. The summed E-state index contributed by atoms with van der Waals surface area (Å²) in [6.07, 6.45) is 6.99. The fraction of sp³-hybridized carbons (Fsp3) is 1.00. The van der Waals surface area contributed by atoms with Gasteiger partial charge in [-0.1, -0.05) is 13.3 Å². The third-order valence-electron chi connectivity index (χ3n) is 6.85. The summed E-state index contributed by atoms with van der Waals surface area (Å²) in [5.41, 5.74) is 0.201. The Morgan fingerprint density at radius 3 is 2.46 bits per heavy atom. The van der Waals surface area contributed by atoms with E-state index < -0.39 is 14.6 Å². The van der Waals surface area contributed by atoms with E-state index in [1.807, 2.05) is 0 Å². The number of rotatable bonds is 7. The average molecular weight is 602 g/mol. The van der Waals surface area contributed by atoms with Crippen LogP contribution in [0, 0.1) is 61.3 Å². The van der Waals surface area contributed by atoms with Gasteiger partial charge in [0.05, 0.1) is 22.7 Å². The first-order chi connectivity index (χ1) is 11.5. The summed E-state index contributed by atoms with van der Waals surface area (Å²) < 4.78 is 29.7. The molecule has 0 aromatic heterocycles. The van der Waals surface area contributed by atoms with Crippen molar-refractivity contribution in [1.29, 1.82) is 0 Å². The van der Waals surface area contributed by atoms with Crippen LogP contribution in [0.5, 0.6) is 0 Å². The molecule has 4 nitrogen and oxygen atoms in total. The zero-order valence-corrected chi connectivity index (χ0v) is 22.9. The number of ether oxygens (including phenoxy) is 1. The van der Waals surface area contributed by atoms with Gasteiger partial charge >= 0.3 is 0 Å². The first kappa shape index (κ1) is 25.3. The molecular formula is C20H38AcO4S. The smallest absolute Gasteiger partial charge is 0.155 e. The second kappa shape index (κ2) is 9.88. The fourth-order valence-corrected chi connectivity index (χ4v) is 6.24. The molecule has 0 spiro atoms. The van der Waals surface area contributed by atoms with Crippen molar-refractivity contribution in [3.05, 3.63) is 0 Å². The van der Waals surface area contributed by atoms with Gasteiger partial charge in [-0.15, -0.1) is 0 Å². The number of unbranched alkanes of at least 4 members (excludes halogenated alkanes) is 1. The summed E-state index contributed by atoms with van der Waals surface area (Å²) in [5.74, 6) is 1.17. The summed E-state index contributed by atoms with van der Waals surface area (Å²) in [6, 6.07) is 0. The molecule has 0 aliphatic heterocycles. The van der Waals surface area contributed by atoms with Crippen LogP contribution in [0.15, 0.2) is 0 Å². The molecule has 2 fully saturated rings. The minimum atomic E-state index is -3.03. The maximum Gasteiger partial charge on any atom is 0.155 e. The Bertz CT molecular complexity index is 543. The second-order valence-corrected chi connectivity index (χ2v) is 12.3. The van der Waals surface area contributed by atoms with Gasteiger partial charge in [0.25, 0.3) is 0 Å². The van der Waals surface area contributed by atoms with E-state index in [2.05, 4.69) is 13.8 Å². The molecule has 1 N–H and O–H groups in total. The molecule has 0 heterocycles. The van der Waals surface area contributed by atoms with Crippen LogP contribution in [0.1, 0.15) is 79.6 Å². The Labute approximate surface area is 196 Å². The van der Waals surface area contributed by atoms with E-state index in [1.54, 1.807) is 20.8 Å². The molecule has 5 unspecified atom stereocenters. The van der Waals surface area contributed by atoms with Gasteiger partial charge in [-0.25, -0.2) is 8.42 Å². The van der Waals surface area contributed by atoms with Crippen molar-refractivity contribution < 1.29 is 62.3 Å². The molecule has 2 saturated carbocycles. The molecule has 0 amide bonds. The van der Waals surface area contributed by atoms with Gasteiger partial charge in [0.1, 0.15) is 0 Å². The van der Waals surface area contributed by atoms with E-state index >= 15 is 0 Å². The van der Waals surface area contributed by atoms with E-state index in [1.165, 1.54) is 6.42 Å². The first-order valence-corrected chi connectivity index (χ1v) is 11.7. The summed E-state index contributed by atoms with van der Waals surface area (Å²) in [6.45, 7) is 10.4. The van der Waals surface area contributed by atoms with Gasteiger partial charge in [0, 0.05) is 50.7 Å². The Hall–Kier alpha value is 1.31. The molecule has 1 radical (unpaired) electrons. The Morgan fingerprint density at radius 2 is 1.85 bits per heavy atom. The fourth-order valence-electron chi connectivity index (χ4n) is 5.05. The third kappa shape index (κ3) is 5.68. The Balaban J connectivity index is 0.00000338. The Kier molecular flexibility index (Phi) is 9.63. The van der Waals surface area contributed by atoms with Crippen molar-refractivity contribution in [3.8, 4) is 0 Å². The van der Waals surface area contributed by atoms with Crippen molar-refractivity contribution in [1.82, 2.24) is 0 Å². The van der Waals surface area contributed by atoms with E-state index in [0.717, 1.165) is 32.1 Å². The number of hydrogen-bond donors (Lipinski definition) is 1. The van der Waals surface area contributed by atoms with Crippen LogP contribution in [-0.2, 0) is 14.6 Å². The molecule has 26 heavy (non-hydrogen) atoms. The number of sulfone groups is 1. The first-order valence-electron chi connectivity index (χ1n) is 10.0. The van der Waals surface area contributed by atoms with Gasteiger partial charge in [-0.2, -0.15) is 0 Å². The van der Waals surface area contributed by atoms with Gasteiger partial charge in [0.2, 0.25) is 0 Å². The number of aliphatic hydroxyl groups is 1. The topological polar surface area (TPSA) is 63.6 Å². The summed E-state index contributed by atoms with van der Waals surface area (Å²) >= 11 is 0. The van der Waals surface area contributed by atoms with E-state index in [-0.39, 0.29) is 67.4 Å². The minimum Gasteiger partial charge on any atom is -0.393 e. The van der Waals surface area contributed by atoms with Crippen LogP contribution in [-0.4, -0.2) is 42.8 Å². The SMILES string of the molecule is CC(OCCCCS(=O)(=O)C(C)(C)C)C1CCC2C(O)CCCC21C.[Ac]. The summed E-state index contributed by atoms with van der Waals surface area (Å²) in [4.78, 5) is 0. The van der Waals surface area contributed by atoms with Crippen LogP contribution in [0.4, 0.5) is 0 Å². The summed E-state index contributed by atoms with van der Waals surface area (Å²) in [5, 5.41) is 10.3. The molecule has 6 heteroatoms. The van der Waals surface area contributed by atoms with E-state index in [9.17, 15) is 13.5 Å². The van der Waals surface area contributed by atoms with E-state index in [0.29, 0.717) is 24.9 Å². The molecule has 0 aromatic carbocycles. The third-order valence-corrected chi connectivity index (χ3v) is 9.54. The van der Waals surface area contributed by atoms with Crippen LogP contribution in [0.25, 0.3) is 0 Å². The maximum atomic E-state index is 12.1. The van der Waals surface area contributed by atoms with Gasteiger partial charge < -0.3 is 9.84 Å². The predicted octanol–water partition coefficient (Wildman–Crippen LogP) is 3.96. The molecule has 151 valence electrons. The molecule has 0 saturated heterocycles. The van der Waals surface area contributed by atoms with Gasteiger partial charge in [-0.05, 0) is 83.5 Å². The molecule has 2 aliphatic carbocycles. The molecule has 0 aromatic rings. The number of aliphatic hydroxyl groups excluding tert-OH is 1. The van der Waals surface area contributed by atoms with Crippen molar-refractivity contribution in [3.63, 3.8) is 0 Å². The molecule has 5 atom stereocenters. The van der Waals surface area contributed by atoms with E-state index in [4.69, 9.17) is 4.74 Å². The van der Waals surface area contributed by atoms with Crippen LogP contribution in [0.2, 0.25) is 0 Å². The van der Waals surface area contributed by atoms with Gasteiger partial charge in [0.15, 0.2) is 9.84 Å². The van der Waals surface area contributed by atoms with Gasteiger partial charge in [-0.3, -0.25) is 0 Å². The van der Waals surface area contributed by atoms with Crippen LogP contribution in [0.3, 0.4) is 0 Å². The molecular weight excluding hydrogens is 563 g/mol.